The highest BCUT2D eigenvalue weighted by atomic mass is 19.4. The van der Waals surface area contributed by atoms with Gasteiger partial charge in [-0.05, 0) is 43.5 Å². The van der Waals surface area contributed by atoms with E-state index in [4.69, 9.17) is 0 Å². The normalized spacial score (nSPS) is 19.7. The zero-order valence-corrected chi connectivity index (χ0v) is 17.7. The van der Waals surface area contributed by atoms with Crippen LogP contribution in [0, 0.1) is 11.8 Å². The highest BCUT2D eigenvalue weighted by Gasteiger charge is 2.41. The Morgan fingerprint density at radius 1 is 1.09 bits per heavy atom. The Labute approximate surface area is 184 Å². The summed E-state index contributed by atoms with van der Waals surface area (Å²) in [6, 6.07) is 7.62. The molecule has 172 valence electrons. The molecule has 32 heavy (non-hydrogen) atoms. The lowest BCUT2D eigenvalue weighted by Crippen LogP contribution is -2.39. The third-order valence-electron chi connectivity index (χ3n) is 6.07. The van der Waals surface area contributed by atoms with E-state index < -0.39 is 12.1 Å². The Morgan fingerprint density at radius 3 is 2.38 bits per heavy atom. The van der Waals surface area contributed by atoms with Crippen molar-refractivity contribution in [2.45, 2.75) is 32.0 Å². The summed E-state index contributed by atoms with van der Waals surface area (Å²) in [4.78, 5) is 22.6. The van der Waals surface area contributed by atoms with Gasteiger partial charge in [-0.15, -0.1) is 0 Å². The molecule has 10 heteroatoms. The van der Waals surface area contributed by atoms with Crippen LogP contribution in [0.2, 0.25) is 0 Å². The first kappa shape index (κ1) is 22.3. The molecule has 1 aromatic carbocycles. The van der Waals surface area contributed by atoms with Gasteiger partial charge < -0.3 is 20.9 Å². The average molecular weight is 448 g/mol. The fourth-order valence-corrected chi connectivity index (χ4v) is 4.06. The van der Waals surface area contributed by atoms with E-state index in [1.54, 1.807) is 12.4 Å². The van der Waals surface area contributed by atoms with E-state index in [0.717, 1.165) is 36.4 Å². The molecule has 1 unspecified atom stereocenters. The molecule has 0 radical (unpaired) electrons. The SMILES string of the molecule is O=C(NCc1ccc(Nc2ncc(N3CCC(C(F)(F)F)CC3)cn2)cc1)C1CCNC1. The lowest BCUT2D eigenvalue weighted by molar-refractivity contribution is -0.179. The molecule has 1 atom stereocenters. The molecule has 0 saturated carbocycles. The van der Waals surface area contributed by atoms with Crippen molar-refractivity contribution in [3.05, 3.63) is 42.2 Å². The second kappa shape index (κ2) is 9.72. The van der Waals surface area contributed by atoms with Crippen molar-refractivity contribution in [2.75, 3.05) is 36.4 Å². The Morgan fingerprint density at radius 2 is 1.78 bits per heavy atom. The number of halogens is 3. The molecule has 4 rings (SSSR count). The highest BCUT2D eigenvalue weighted by molar-refractivity contribution is 5.79. The molecule has 0 aliphatic carbocycles. The minimum Gasteiger partial charge on any atom is -0.369 e. The van der Waals surface area contributed by atoms with Crippen LogP contribution in [0.5, 0.6) is 0 Å². The van der Waals surface area contributed by atoms with E-state index in [1.807, 2.05) is 29.2 Å². The molecule has 0 spiro atoms. The van der Waals surface area contributed by atoms with E-state index in [-0.39, 0.29) is 24.7 Å². The molecule has 2 saturated heterocycles. The van der Waals surface area contributed by atoms with Crippen molar-refractivity contribution >= 4 is 23.2 Å². The fraction of sp³-hybridized carbons (Fsp3) is 0.500. The number of piperidine rings is 1. The van der Waals surface area contributed by atoms with Crippen molar-refractivity contribution in [3.63, 3.8) is 0 Å². The summed E-state index contributed by atoms with van der Waals surface area (Å²) in [6.07, 6.45) is 0.196. The summed E-state index contributed by atoms with van der Waals surface area (Å²) < 4.78 is 38.5. The highest BCUT2D eigenvalue weighted by Crippen LogP contribution is 2.35. The summed E-state index contributed by atoms with van der Waals surface area (Å²) in [5, 5.41) is 9.27. The van der Waals surface area contributed by atoms with Crippen molar-refractivity contribution in [1.29, 1.82) is 0 Å². The predicted molar refractivity (Wildman–Crippen MR) is 116 cm³/mol. The smallest absolute Gasteiger partial charge is 0.369 e. The molecular formula is C22H27F3N6O. The van der Waals surface area contributed by atoms with Crippen LogP contribution in [-0.4, -0.2) is 48.2 Å². The standard InChI is InChI=1S/C22H27F3N6O/c23-22(24,25)17-6-9-31(10-7-17)19-13-28-21(29-14-19)30-18-3-1-15(2-4-18)11-27-20(32)16-5-8-26-12-16/h1-4,13-14,16-17,26H,5-12H2,(H,27,32)(H,28,29,30). The summed E-state index contributed by atoms with van der Waals surface area (Å²) in [6.45, 7) is 2.79. The number of amides is 1. The van der Waals surface area contributed by atoms with Crippen LogP contribution in [0.4, 0.5) is 30.5 Å². The molecule has 0 bridgehead atoms. The molecule has 3 heterocycles. The minimum atomic E-state index is -4.12. The van der Waals surface area contributed by atoms with Crippen LogP contribution in [0.25, 0.3) is 0 Å². The topological polar surface area (TPSA) is 82.2 Å². The Kier molecular flexibility index (Phi) is 6.78. The number of aromatic nitrogens is 2. The number of carbonyl (C=O) groups excluding carboxylic acids is 1. The molecule has 2 aliphatic rings. The second-order valence-electron chi connectivity index (χ2n) is 8.30. The van der Waals surface area contributed by atoms with E-state index >= 15 is 0 Å². The van der Waals surface area contributed by atoms with Crippen molar-refractivity contribution in [2.24, 2.45) is 11.8 Å². The van der Waals surface area contributed by atoms with Gasteiger partial charge in [0.05, 0.1) is 29.9 Å². The maximum absolute atomic E-state index is 12.8. The van der Waals surface area contributed by atoms with Crippen LogP contribution in [-0.2, 0) is 11.3 Å². The fourth-order valence-electron chi connectivity index (χ4n) is 4.06. The minimum absolute atomic E-state index is 0.0482. The summed E-state index contributed by atoms with van der Waals surface area (Å²) in [7, 11) is 0. The van der Waals surface area contributed by atoms with Crippen LogP contribution < -0.4 is 20.9 Å². The van der Waals surface area contributed by atoms with Crippen LogP contribution in [0.1, 0.15) is 24.8 Å². The molecule has 2 aromatic rings. The maximum Gasteiger partial charge on any atom is 0.391 e. The van der Waals surface area contributed by atoms with E-state index in [0.29, 0.717) is 25.6 Å². The molecule has 3 N–H and O–H groups in total. The molecule has 1 amide bonds. The molecule has 2 aliphatic heterocycles. The monoisotopic (exact) mass is 448 g/mol. The number of anilines is 3. The predicted octanol–water partition coefficient (Wildman–Crippen LogP) is 3.22. The third-order valence-corrected chi connectivity index (χ3v) is 6.07. The quantitative estimate of drug-likeness (QED) is 0.630. The van der Waals surface area contributed by atoms with Crippen molar-refractivity contribution < 1.29 is 18.0 Å². The molecule has 2 fully saturated rings. The molecule has 7 nitrogen and oxygen atoms in total. The summed E-state index contributed by atoms with van der Waals surface area (Å²) in [5.74, 6) is -0.689. The van der Waals surface area contributed by atoms with Gasteiger partial charge in [0.1, 0.15) is 0 Å². The first-order chi connectivity index (χ1) is 15.4. The van der Waals surface area contributed by atoms with Gasteiger partial charge in [0, 0.05) is 31.9 Å². The Balaban J connectivity index is 1.26. The van der Waals surface area contributed by atoms with Crippen LogP contribution in [0.3, 0.4) is 0 Å². The van der Waals surface area contributed by atoms with Gasteiger partial charge >= 0.3 is 6.18 Å². The first-order valence-electron chi connectivity index (χ1n) is 10.9. The number of benzene rings is 1. The van der Waals surface area contributed by atoms with Gasteiger partial charge in [-0.25, -0.2) is 9.97 Å². The zero-order chi connectivity index (χ0) is 22.6. The van der Waals surface area contributed by atoms with Gasteiger partial charge in [-0.3, -0.25) is 4.79 Å². The van der Waals surface area contributed by atoms with Crippen LogP contribution >= 0.6 is 0 Å². The largest absolute Gasteiger partial charge is 0.391 e. The first-order valence-corrected chi connectivity index (χ1v) is 10.9. The number of hydrogen-bond donors (Lipinski definition) is 3. The van der Waals surface area contributed by atoms with Gasteiger partial charge in [0.25, 0.3) is 0 Å². The van der Waals surface area contributed by atoms with Gasteiger partial charge in [-0.2, -0.15) is 13.2 Å². The van der Waals surface area contributed by atoms with E-state index in [9.17, 15) is 18.0 Å². The van der Waals surface area contributed by atoms with Crippen molar-refractivity contribution in [3.8, 4) is 0 Å². The van der Waals surface area contributed by atoms with E-state index in [1.165, 1.54) is 0 Å². The van der Waals surface area contributed by atoms with Gasteiger partial charge in [-0.1, -0.05) is 12.1 Å². The lowest BCUT2D eigenvalue weighted by atomic mass is 9.96. The zero-order valence-electron chi connectivity index (χ0n) is 17.7. The number of nitrogens with zero attached hydrogens (tertiary/aromatic N) is 3. The molecule has 1 aromatic heterocycles. The maximum atomic E-state index is 12.8. The van der Waals surface area contributed by atoms with Gasteiger partial charge in [0.15, 0.2) is 0 Å². The molecular weight excluding hydrogens is 421 g/mol. The number of hydrogen-bond acceptors (Lipinski definition) is 6. The lowest BCUT2D eigenvalue weighted by Gasteiger charge is -2.33. The summed E-state index contributed by atoms with van der Waals surface area (Å²) in [5.41, 5.74) is 2.52. The third kappa shape index (κ3) is 5.67. The Hall–Kier alpha value is -2.88. The van der Waals surface area contributed by atoms with Crippen molar-refractivity contribution in [1.82, 2.24) is 20.6 Å². The number of alkyl halides is 3. The second-order valence-corrected chi connectivity index (χ2v) is 8.30. The van der Waals surface area contributed by atoms with Gasteiger partial charge in [0.2, 0.25) is 11.9 Å². The Bertz CT molecular complexity index is 889. The van der Waals surface area contributed by atoms with E-state index in [2.05, 4.69) is 25.9 Å². The number of rotatable bonds is 6. The average Bonchev–Trinajstić information content (AvgIpc) is 3.34. The summed E-state index contributed by atoms with van der Waals surface area (Å²) >= 11 is 0. The number of nitrogens with one attached hydrogen (secondary N) is 3. The number of carbonyl (C=O) groups is 1. The van der Waals surface area contributed by atoms with Crippen LogP contribution in [0.15, 0.2) is 36.7 Å².